The van der Waals surface area contributed by atoms with E-state index in [0.29, 0.717) is 11.3 Å². The Balaban J connectivity index is 2.25. The highest BCUT2D eigenvalue weighted by Gasteiger charge is 2.54. The quantitative estimate of drug-likeness (QED) is 0.566. The number of hydrogen-bond acceptors (Lipinski definition) is 6. The highest BCUT2D eigenvalue weighted by atomic mass is 32.2. The molecule has 104 valence electrons. The van der Waals surface area contributed by atoms with Gasteiger partial charge in [0.2, 0.25) is 0 Å². The third-order valence-corrected chi connectivity index (χ3v) is 4.22. The van der Waals surface area contributed by atoms with Crippen molar-refractivity contribution < 1.29 is 29.0 Å². The van der Waals surface area contributed by atoms with Gasteiger partial charge in [0.1, 0.15) is 17.7 Å². The van der Waals surface area contributed by atoms with Crippen molar-refractivity contribution in [3.05, 3.63) is 11.3 Å². The molecule has 1 fully saturated rings. The number of carboxylic acids is 1. The molecule has 0 bridgehead atoms. The molecule has 1 saturated heterocycles. The van der Waals surface area contributed by atoms with Crippen molar-refractivity contribution in [3.8, 4) is 0 Å². The number of rotatable bonds is 4. The van der Waals surface area contributed by atoms with Gasteiger partial charge in [-0.2, -0.15) is 0 Å². The topological polar surface area (TPSA) is 93.1 Å². The Labute approximate surface area is 113 Å². The number of carbonyl (C=O) groups is 3. The number of β-lactam (4-membered cyclic amide) rings is 1. The van der Waals surface area contributed by atoms with Crippen LogP contribution < -0.4 is 0 Å². The number of amides is 1. The average molecular weight is 287 g/mol. The second-order valence-corrected chi connectivity index (χ2v) is 5.21. The second kappa shape index (κ2) is 5.22. The van der Waals surface area contributed by atoms with Crippen LogP contribution in [0.3, 0.4) is 0 Å². The van der Waals surface area contributed by atoms with Gasteiger partial charge >= 0.3 is 11.9 Å². The molecule has 19 heavy (non-hydrogen) atoms. The molecule has 0 aromatic heterocycles. The molecule has 1 amide bonds. The number of fused-ring (bicyclic) bond motifs is 1. The van der Waals surface area contributed by atoms with Gasteiger partial charge < -0.3 is 14.6 Å². The van der Waals surface area contributed by atoms with Gasteiger partial charge in [-0.3, -0.25) is 14.5 Å². The van der Waals surface area contributed by atoms with E-state index >= 15 is 0 Å². The van der Waals surface area contributed by atoms with Crippen LogP contribution in [-0.4, -0.2) is 58.8 Å². The summed E-state index contributed by atoms with van der Waals surface area (Å²) in [6.45, 7) is 1.13. The molecule has 8 heteroatoms. The Morgan fingerprint density at radius 1 is 1.53 bits per heavy atom. The highest BCUT2D eigenvalue weighted by molar-refractivity contribution is 8.00. The lowest BCUT2D eigenvalue weighted by Gasteiger charge is -2.48. The van der Waals surface area contributed by atoms with Crippen molar-refractivity contribution in [2.24, 2.45) is 0 Å². The summed E-state index contributed by atoms with van der Waals surface area (Å²) in [5.41, 5.74) is 0.329. The number of ether oxygens (including phenoxy) is 2. The lowest BCUT2D eigenvalue weighted by Crippen LogP contribution is -2.65. The molecule has 2 atom stereocenters. The van der Waals surface area contributed by atoms with E-state index in [1.807, 2.05) is 0 Å². The SMILES string of the molecule is CO[C@H]1C(=O)N2C(C(=O)O)=C(COC(C)=O)CS[C@@H]12. The lowest BCUT2D eigenvalue weighted by atomic mass is 10.1. The average Bonchev–Trinajstić information content (AvgIpc) is 2.35. The fourth-order valence-corrected chi connectivity index (χ4v) is 3.38. The van der Waals surface area contributed by atoms with Crippen molar-refractivity contribution in [2.45, 2.75) is 18.4 Å². The van der Waals surface area contributed by atoms with Crippen LogP contribution in [0.25, 0.3) is 0 Å². The molecule has 2 aliphatic rings. The van der Waals surface area contributed by atoms with E-state index < -0.39 is 18.0 Å². The predicted molar refractivity (Wildman–Crippen MR) is 65.2 cm³/mol. The van der Waals surface area contributed by atoms with Gasteiger partial charge in [-0.15, -0.1) is 11.8 Å². The summed E-state index contributed by atoms with van der Waals surface area (Å²) in [5, 5.41) is 8.92. The van der Waals surface area contributed by atoms with Crippen molar-refractivity contribution in [1.82, 2.24) is 4.90 Å². The first-order valence-corrected chi connectivity index (χ1v) is 6.58. The van der Waals surface area contributed by atoms with E-state index in [0.717, 1.165) is 0 Å². The third-order valence-electron chi connectivity index (χ3n) is 2.90. The lowest BCUT2D eigenvalue weighted by molar-refractivity contribution is -0.162. The van der Waals surface area contributed by atoms with Crippen LogP contribution in [-0.2, 0) is 23.9 Å². The number of hydrogen-bond donors (Lipinski definition) is 1. The number of thioether (sulfide) groups is 1. The molecular weight excluding hydrogens is 274 g/mol. The van der Waals surface area contributed by atoms with Crippen LogP contribution in [0, 0.1) is 0 Å². The Morgan fingerprint density at radius 3 is 2.74 bits per heavy atom. The van der Waals surface area contributed by atoms with E-state index in [2.05, 4.69) is 0 Å². The summed E-state index contributed by atoms with van der Waals surface area (Å²) >= 11 is 1.40. The summed E-state index contributed by atoms with van der Waals surface area (Å²) in [6, 6.07) is 0. The van der Waals surface area contributed by atoms with Crippen LogP contribution in [0.15, 0.2) is 11.3 Å². The maximum Gasteiger partial charge on any atom is 0.352 e. The van der Waals surface area contributed by atoms with Gasteiger partial charge in [0.25, 0.3) is 5.91 Å². The van der Waals surface area contributed by atoms with Gasteiger partial charge in [-0.1, -0.05) is 0 Å². The van der Waals surface area contributed by atoms with Crippen LogP contribution >= 0.6 is 11.8 Å². The second-order valence-electron chi connectivity index (χ2n) is 4.10. The molecule has 2 heterocycles. The first-order chi connectivity index (χ1) is 8.97. The molecule has 2 rings (SSSR count). The van der Waals surface area contributed by atoms with Gasteiger partial charge in [-0.25, -0.2) is 4.79 Å². The summed E-state index contributed by atoms with van der Waals surface area (Å²) in [6.07, 6.45) is -0.602. The van der Waals surface area contributed by atoms with Crippen molar-refractivity contribution in [2.75, 3.05) is 19.5 Å². The smallest absolute Gasteiger partial charge is 0.352 e. The zero-order valence-corrected chi connectivity index (χ0v) is 11.2. The summed E-state index contributed by atoms with van der Waals surface area (Å²) in [5.74, 6) is -1.68. The van der Waals surface area contributed by atoms with E-state index in [4.69, 9.17) is 9.47 Å². The highest BCUT2D eigenvalue weighted by Crippen LogP contribution is 2.41. The molecule has 0 aromatic rings. The Bertz CT molecular complexity index is 474. The van der Waals surface area contributed by atoms with Crippen LogP contribution in [0.1, 0.15) is 6.92 Å². The summed E-state index contributed by atoms with van der Waals surface area (Å²) in [4.78, 5) is 35.1. The first-order valence-electron chi connectivity index (χ1n) is 5.53. The number of carboxylic acid groups (broad SMARTS) is 1. The van der Waals surface area contributed by atoms with Gasteiger partial charge in [0.15, 0.2) is 6.10 Å². The molecule has 0 saturated carbocycles. The van der Waals surface area contributed by atoms with E-state index in [1.54, 1.807) is 0 Å². The Hall–Kier alpha value is -1.54. The zero-order valence-electron chi connectivity index (χ0n) is 10.4. The van der Waals surface area contributed by atoms with Crippen molar-refractivity contribution in [1.29, 1.82) is 0 Å². The number of esters is 1. The minimum Gasteiger partial charge on any atom is -0.477 e. The third kappa shape index (κ3) is 2.33. The monoisotopic (exact) mass is 287 g/mol. The maximum atomic E-state index is 11.8. The standard InChI is InChI=1S/C11H13NO6S/c1-5(13)18-3-6-4-19-10-8(17-2)9(14)12(10)7(6)11(15)16/h8,10H,3-4H2,1-2H3,(H,15,16)/t8-,10-/m0/s1. The Morgan fingerprint density at radius 2 is 2.21 bits per heavy atom. The minimum absolute atomic E-state index is 0.0942. The molecule has 0 spiro atoms. The molecule has 0 unspecified atom stereocenters. The van der Waals surface area contributed by atoms with Gasteiger partial charge in [0.05, 0.1) is 0 Å². The molecule has 2 aliphatic heterocycles. The molecule has 1 N–H and O–H groups in total. The van der Waals surface area contributed by atoms with Crippen molar-refractivity contribution >= 4 is 29.6 Å². The normalized spacial score (nSPS) is 25.8. The van der Waals surface area contributed by atoms with E-state index in [1.165, 1.54) is 30.7 Å². The zero-order chi connectivity index (χ0) is 14.2. The van der Waals surface area contributed by atoms with Gasteiger partial charge in [-0.05, 0) is 0 Å². The molecular formula is C11H13NO6S. The Kier molecular flexibility index (Phi) is 3.81. The fourth-order valence-electron chi connectivity index (χ4n) is 2.03. The summed E-state index contributed by atoms with van der Waals surface area (Å²) in [7, 11) is 1.42. The van der Waals surface area contributed by atoms with E-state index in [9.17, 15) is 19.5 Å². The van der Waals surface area contributed by atoms with Crippen LogP contribution in [0.4, 0.5) is 0 Å². The number of methoxy groups -OCH3 is 1. The van der Waals surface area contributed by atoms with E-state index in [-0.39, 0.29) is 23.6 Å². The number of nitrogens with zero attached hydrogens (tertiary/aromatic N) is 1. The molecule has 0 radical (unpaired) electrons. The maximum absolute atomic E-state index is 11.8. The molecule has 7 nitrogen and oxygen atoms in total. The predicted octanol–water partition coefficient (Wildman–Crippen LogP) is -0.182. The molecule has 0 aliphatic carbocycles. The number of aliphatic carboxylic acids is 1. The fraction of sp³-hybridized carbons (Fsp3) is 0.545. The summed E-state index contributed by atoms with van der Waals surface area (Å²) < 4.78 is 9.83. The minimum atomic E-state index is -1.20. The first kappa shape index (κ1) is 13.9. The molecule has 0 aromatic carbocycles. The number of carbonyl (C=O) groups excluding carboxylic acids is 2. The van der Waals surface area contributed by atoms with Crippen LogP contribution in [0.5, 0.6) is 0 Å². The largest absolute Gasteiger partial charge is 0.477 e. The van der Waals surface area contributed by atoms with Crippen molar-refractivity contribution in [3.63, 3.8) is 0 Å². The van der Waals surface area contributed by atoms with Crippen LogP contribution in [0.2, 0.25) is 0 Å². The van der Waals surface area contributed by atoms with Gasteiger partial charge in [0, 0.05) is 25.4 Å².